The maximum Gasteiger partial charge on any atom is 0.501 e. The molecule has 3 aliphatic rings. The summed E-state index contributed by atoms with van der Waals surface area (Å²) < 4.78 is 29.7. The SMILES string of the molecule is Cc1nc(C)c(C[N+]2=C3C=CC(S(=O)(=O)NC4(C)CC4)C=C3C(=O)N(C)C2=O)s1. The van der Waals surface area contributed by atoms with E-state index in [0.29, 0.717) is 5.71 Å². The van der Waals surface area contributed by atoms with Crippen LogP contribution in [0, 0.1) is 13.8 Å². The zero-order chi connectivity index (χ0) is 21.1. The van der Waals surface area contributed by atoms with Crippen LogP contribution in [0.2, 0.25) is 0 Å². The predicted octanol–water partition coefficient (Wildman–Crippen LogP) is 1.64. The molecule has 0 radical (unpaired) electrons. The Bertz CT molecular complexity index is 1120. The topological polar surface area (TPSA) is 99.4 Å². The summed E-state index contributed by atoms with van der Waals surface area (Å²) in [7, 11) is -2.26. The molecule has 2 aliphatic carbocycles. The van der Waals surface area contributed by atoms with Gasteiger partial charge in [0.1, 0.15) is 23.1 Å². The summed E-state index contributed by atoms with van der Waals surface area (Å²) in [5, 5.41) is -0.0596. The Hall–Kier alpha value is -2.17. The number of hydrogen-bond donors (Lipinski definition) is 1. The molecule has 0 saturated heterocycles. The number of amides is 3. The number of imide groups is 1. The molecule has 1 saturated carbocycles. The minimum atomic E-state index is -3.67. The van der Waals surface area contributed by atoms with E-state index in [4.69, 9.17) is 0 Å². The highest BCUT2D eigenvalue weighted by Crippen LogP contribution is 2.36. The Morgan fingerprint density at radius 2 is 2.03 bits per heavy atom. The summed E-state index contributed by atoms with van der Waals surface area (Å²) in [6.07, 6.45) is 6.13. The highest BCUT2D eigenvalue weighted by atomic mass is 32.2. The fourth-order valence-electron chi connectivity index (χ4n) is 3.46. The van der Waals surface area contributed by atoms with Gasteiger partial charge in [0.15, 0.2) is 0 Å². The lowest BCUT2D eigenvalue weighted by Crippen LogP contribution is -2.50. The van der Waals surface area contributed by atoms with Crippen molar-refractivity contribution in [3.63, 3.8) is 0 Å². The van der Waals surface area contributed by atoms with Gasteiger partial charge in [0, 0.05) is 5.54 Å². The third-order valence-corrected chi connectivity index (χ3v) is 8.29. The molecule has 8 nitrogen and oxygen atoms in total. The molecule has 1 aromatic heterocycles. The molecule has 0 bridgehead atoms. The number of aromatic nitrogens is 1. The number of aryl methyl sites for hydroxylation is 2. The summed E-state index contributed by atoms with van der Waals surface area (Å²) in [6, 6.07) is -0.442. The van der Waals surface area contributed by atoms with Crippen molar-refractivity contribution in [2.45, 2.75) is 50.9 Å². The largest absolute Gasteiger partial charge is 0.501 e. The molecule has 1 aromatic rings. The minimum Gasteiger partial charge on any atom is -0.246 e. The number of nitrogens with zero attached hydrogens (tertiary/aromatic N) is 3. The van der Waals surface area contributed by atoms with E-state index in [9.17, 15) is 18.0 Å². The van der Waals surface area contributed by atoms with E-state index < -0.39 is 32.8 Å². The van der Waals surface area contributed by atoms with E-state index in [1.165, 1.54) is 35.1 Å². The van der Waals surface area contributed by atoms with Crippen LogP contribution in [0.3, 0.4) is 0 Å². The Labute approximate surface area is 173 Å². The van der Waals surface area contributed by atoms with Crippen LogP contribution in [-0.4, -0.2) is 58.4 Å². The highest BCUT2D eigenvalue weighted by Gasteiger charge is 2.46. The smallest absolute Gasteiger partial charge is 0.246 e. The summed E-state index contributed by atoms with van der Waals surface area (Å²) in [6.45, 7) is 5.92. The molecule has 1 atom stereocenters. The average Bonchev–Trinajstić information content (AvgIpc) is 3.27. The summed E-state index contributed by atoms with van der Waals surface area (Å²) in [5.74, 6) is -0.499. The lowest BCUT2D eigenvalue weighted by molar-refractivity contribution is -0.451. The van der Waals surface area contributed by atoms with Gasteiger partial charge in [-0.25, -0.2) is 22.9 Å². The maximum absolute atomic E-state index is 12.8. The number of allylic oxidation sites excluding steroid dienone is 1. The molecule has 4 rings (SSSR count). The molecule has 154 valence electrons. The lowest BCUT2D eigenvalue weighted by atomic mass is 10.00. The van der Waals surface area contributed by atoms with Crippen LogP contribution >= 0.6 is 11.3 Å². The summed E-state index contributed by atoms with van der Waals surface area (Å²) in [4.78, 5) is 31.9. The monoisotopic (exact) mass is 435 g/mol. The molecule has 1 unspecified atom stereocenters. The number of thiazole rings is 1. The van der Waals surface area contributed by atoms with Crippen molar-refractivity contribution in [1.82, 2.24) is 14.6 Å². The van der Waals surface area contributed by atoms with Crippen molar-refractivity contribution in [2.24, 2.45) is 0 Å². The second-order valence-electron chi connectivity index (χ2n) is 7.97. The molecular weight excluding hydrogens is 412 g/mol. The molecule has 0 aromatic carbocycles. The predicted molar refractivity (Wildman–Crippen MR) is 109 cm³/mol. The van der Waals surface area contributed by atoms with E-state index >= 15 is 0 Å². The Morgan fingerprint density at radius 3 is 2.62 bits per heavy atom. The second kappa shape index (κ2) is 6.68. The van der Waals surface area contributed by atoms with E-state index in [1.54, 1.807) is 6.08 Å². The quantitative estimate of drug-likeness (QED) is 0.709. The summed E-state index contributed by atoms with van der Waals surface area (Å²) in [5.41, 5.74) is 1.09. The Morgan fingerprint density at radius 1 is 1.34 bits per heavy atom. The van der Waals surface area contributed by atoms with Gasteiger partial charge in [0.25, 0.3) is 0 Å². The van der Waals surface area contributed by atoms with Gasteiger partial charge in [0.2, 0.25) is 10.0 Å². The van der Waals surface area contributed by atoms with Crippen LogP contribution in [-0.2, 0) is 21.4 Å². The van der Waals surface area contributed by atoms with Crippen LogP contribution in [0.5, 0.6) is 0 Å². The zero-order valence-corrected chi connectivity index (χ0v) is 18.4. The normalized spacial score (nSPS) is 23.4. The molecule has 3 amide bonds. The van der Waals surface area contributed by atoms with Crippen LogP contribution in [0.4, 0.5) is 4.79 Å². The second-order valence-corrected chi connectivity index (χ2v) is 11.1. The summed E-state index contributed by atoms with van der Waals surface area (Å²) >= 11 is 1.50. The first kappa shape index (κ1) is 20.1. The fraction of sp³-hybridized carbons (Fsp3) is 0.474. The van der Waals surface area contributed by atoms with Gasteiger partial charge in [-0.2, -0.15) is 14.3 Å². The first-order valence-electron chi connectivity index (χ1n) is 9.33. The van der Waals surface area contributed by atoms with Gasteiger partial charge in [-0.05, 0) is 45.8 Å². The number of rotatable bonds is 5. The van der Waals surface area contributed by atoms with Crippen LogP contribution in [0.1, 0.15) is 35.3 Å². The van der Waals surface area contributed by atoms with Crippen molar-refractivity contribution in [3.8, 4) is 0 Å². The third kappa shape index (κ3) is 3.60. The van der Waals surface area contributed by atoms with Gasteiger partial charge < -0.3 is 0 Å². The zero-order valence-electron chi connectivity index (χ0n) is 16.7. The van der Waals surface area contributed by atoms with Crippen LogP contribution < -0.4 is 4.72 Å². The number of urea groups is 1. The highest BCUT2D eigenvalue weighted by molar-refractivity contribution is 7.90. The van der Waals surface area contributed by atoms with Crippen LogP contribution in [0.15, 0.2) is 23.8 Å². The van der Waals surface area contributed by atoms with Gasteiger partial charge in [-0.3, -0.25) is 0 Å². The van der Waals surface area contributed by atoms with Crippen molar-refractivity contribution in [2.75, 3.05) is 7.05 Å². The molecule has 2 heterocycles. The van der Waals surface area contributed by atoms with E-state index in [2.05, 4.69) is 9.71 Å². The number of nitrogens with one attached hydrogen (secondary N) is 1. The van der Waals surface area contributed by atoms with Crippen molar-refractivity contribution < 1.29 is 22.6 Å². The van der Waals surface area contributed by atoms with E-state index in [-0.39, 0.29) is 12.1 Å². The number of hydrogen-bond acceptors (Lipinski definition) is 6. The van der Waals surface area contributed by atoms with Gasteiger partial charge >= 0.3 is 11.9 Å². The first-order chi connectivity index (χ1) is 13.5. The Balaban J connectivity index is 1.74. The number of likely N-dealkylation sites (N-methyl/N-ethyl adjacent to an activating group) is 1. The third-order valence-electron chi connectivity index (χ3n) is 5.44. The minimum absolute atomic E-state index is 0.227. The average molecular weight is 436 g/mol. The number of fused-ring (bicyclic) bond motifs is 1. The van der Waals surface area contributed by atoms with Gasteiger partial charge in [0.05, 0.1) is 22.6 Å². The number of sulfonamides is 1. The van der Waals surface area contributed by atoms with E-state index in [0.717, 1.165) is 33.3 Å². The molecule has 29 heavy (non-hydrogen) atoms. The van der Waals surface area contributed by atoms with Gasteiger partial charge in [-0.1, -0.05) is 6.08 Å². The standard InChI is InChI=1S/C19H23N4O4S2/c1-11-16(28-12(2)20-11)10-23-15-6-5-13(29(26,27)21-19(3)7-8-19)9-14(15)17(24)22(4)18(23)25/h5-6,9,13,21H,7-8,10H2,1-4H3/q+1. The molecule has 0 spiro atoms. The number of carbonyl (C=O) groups is 2. The molecule has 1 aliphatic heterocycles. The Kier molecular flexibility index (Phi) is 4.63. The molecule has 10 heteroatoms. The number of carbonyl (C=O) groups excluding carboxylic acids is 2. The first-order valence-corrected chi connectivity index (χ1v) is 11.7. The fourth-order valence-corrected chi connectivity index (χ4v) is 6.01. The molecular formula is C19H23N4O4S2+. The lowest BCUT2D eigenvalue weighted by Gasteiger charge is -2.24. The van der Waals surface area contributed by atoms with Crippen molar-refractivity contribution in [1.29, 1.82) is 0 Å². The van der Waals surface area contributed by atoms with Gasteiger partial charge in [-0.15, -0.1) is 11.3 Å². The van der Waals surface area contributed by atoms with Crippen LogP contribution in [0.25, 0.3) is 0 Å². The van der Waals surface area contributed by atoms with E-state index in [1.807, 2.05) is 20.8 Å². The maximum atomic E-state index is 12.8. The van der Waals surface area contributed by atoms with Crippen molar-refractivity contribution in [3.05, 3.63) is 39.4 Å². The molecule has 1 fully saturated rings. The van der Waals surface area contributed by atoms with Crippen molar-refractivity contribution >= 4 is 39.0 Å². The molecule has 1 N–H and O–H groups in total.